The molecule has 0 rings (SSSR count). The van der Waals surface area contributed by atoms with Gasteiger partial charge in [-0.15, -0.1) is 5.92 Å². The Bertz CT molecular complexity index is 195. The molecular weight excluding hydrogens is 118 g/mol. The molecule has 0 unspecified atom stereocenters. The maximum Gasteiger partial charge on any atom is 0.352 e. The van der Waals surface area contributed by atoms with Crippen molar-refractivity contribution in [2.24, 2.45) is 5.73 Å². The van der Waals surface area contributed by atoms with E-state index in [1.165, 1.54) is 0 Å². The first-order chi connectivity index (χ1) is 4.18. The van der Waals surface area contributed by atoms with Gasteiger partial charge in [0.2, 0.25) is 0 Å². The Morgan fingerprint density at radius 2 is 2.33 bits per heavy atom. The van der Waals surface area contributed by atoms with Crippen LogP contribution in [-0.4, -0.2) is 11.1 Å². The first-order valence-corrected chi connectivity index (χ1v) is 2.29. The number of carboxylic acid groups (broad SMARTS) is 1. The highest BCUT2D eigenvalue weighted by molar-refractivity contribution is 5.85. The van der Waals surface area contributed by atoms with Gasteiger partial charge in [-0.2, -0.15) is 0 Å². The predicted octanol–water partition coefficient (Wildman–Crippen LogP) is -0.0631. The summed E-state index contributed by atoms with van der Waals surface area (Å²) in [7, 11) is 0. The van der Waals surface area contributed by atoms with Crippen molar-refractivity contribution < 1.29 is 9.90 Å². The Balaban J connectivity index is 4.11. The number of carbonyl (C=O) groups is 1. The maximum absolute atomic E-state index is 9.94. The van der Waals surface area contributed by atoms with Crippen molar-refractivity contribution in [1.29, 1.82) is 0 Å². The van der Waals surface area contributed by atoms with Gasteiger partial charge in [-0.25, -0.2) is 4.79 Å². The van der Waals surface area contributed by atoms with Crippen molar-refractivity contribution in [3.8, 4) is 11.8 Å². The van der Waals surface area contributed by atoms with Crippen molar-refractivity contribution in [1.82, 2.24) is 0 Å². The lowest BCUT2D eigenvalue weighted by Crippen LogP contribution is -2.08. The minimum Gasteiger partial charge on any atom is -0.477 e. The predicted molar refractivity (Wildman–Crippen MR) is 33.4 cm³/mol. The molecule has 0 saturated heterocycles. The highest BCUT2D eigenvalue weighted by Gasteiger charge is 1.96. The molecule has 3 nitrogen and oxygen atoms in total. The van der Waals surface area contributed by atoms with Crippen molar-refractivity contribution in [3.63, 3.8) is 0 Å². The summed E-state index contributed by atoms with van der Waals surface area (Å²) in [5, 5.41) is 8.15. The topological polar surface area (TPSA) is 63.3 Å². The molecule has 0 bridgehead atoms. The number of rotatable bonds is 1. The van der Waals surface area contributed by atoms with Crippen LogP contribution in [0.25, 0.3) is 0 Å². The number of hydrogen-bond donors (Lipinski definition) is 2. The minimum atomic E-state index is -1.14. The van der Waals surface area contributed by atoms with Crippen molar-refractivity contribution >= 4 is 5.97 Å². The molecule has 0 heterocycles. The molecule has 0 aromatic carbocycles. The summed E-state index contributed by atoms with van der Waals surface area (Å²) in [4.78, 5) is 9.94. The molecule has 0 spiro atoms. The molecule has 0 fully saturated rings. The fraction of sp³-hybridized carbons (Fsp3) is 0.167. The van der Waals surface area contributed by atoms with E-state index in [2.05, 4.69) is 11.8 Å². The summed E-state index contributed by atoms with van der Waals surface area (Å²) >= 11 is 0. The second kappa shape index (κ2) is 3.56. The molecule has 0 amide bonds. The van der Waals surface area contributed by atoms with Crippen LogP contribution in [0.3, 0.4) is 0 Å². The Morgan fingerprint density at radius 1 is 1.78 bits per heavy atom. The van der Waals surface area contributed by atoms with Crippen molar-refractivity contribution in [3.05, 3.63) is 11.8 Å². The quantitative estimate of drug-likeness (QED) is 0.381. The van der Waals surface area contributed by atoms with Gasteiger partial charge < -0.3 is 10.8 Å². The molecule has 0 aliphatic carbocycles. The van der Waals surface area contributed by atoms with Gasteiger partial charge >= 0.3 is 5.97 Å². The van der Waals surface area contributed by atoms with E-state index in [-0.39, 0.29) is 5.70 Å². The normalized spacial score (nSPS) is 9.67. The summed E-state index contributed by atoms with van der Waals surface area (Å²) in [5.41, 5.74) is 4.73. The second-order valence-electron chi connectivity index (χ2n) is 1.30. The van der Waals surface area contributed by atoms with E-state index in [1.54, 1.807) is 6.92 Å². The largest absolute Gasteiger partial charge is 0.477 e. The Labute approximate surface area is 53.2 Å². The van der Waals surface area contributed by atoms with Crippen LogP contribution in [0.5, 0.6) is 0 Å². The molecule has 0 aromatic rings. The van der Waals surface area contributed by atoms with Gasteiger partial charge in [0, 0.05) is 6.08 Å². The van der Waals surface area contributed by atoms with E-state index < -0.39 is 5.97 Å². The average Bonchev–Trinajstić information content (AvgIpc) is 1.82. The zero-order valence-corrected chi connectivity index (χ0v) is 5.01. The lowest BCUT2D eigenvalue weighted by atomic mass is 10.4. The third-order valence-electron chi connectivity index (χ3n) is 0.619. The molecule has 0 saturated carbocycles. The smallest absolute Gasteiger partial charge is 0.352 e. The molecule has 3 heteroatoms. The van der Waals surface area contributed by atoms with Crippen LogP contribution in [-0.2, 0) is 4.79 Å². The van der Waals surface area contributed by atoms with E-state index in [0.29, 0.717) is 0 Å². The number of aliphatic carboxylic acids is 1. The van der Waals surface area contributed by atoms with Crippen LogP contribution in [0.2, 0.25) is 0 Å². The fourth-order valence-electron chi connectivity index (χ4n) is 0.212. The van der Waals surface area contributed by atoms with Crippen LogP contribution in [0.15, 0.2) is 11.8 Å². The van der Waals surface area contributed by atoms with E-state index >= 15 is 0 Å². The van der Waals surface area contributed by atoms with Gasteiger partial charge in [-0.05, 0) is 6.92 Å². The Hall–Kier alpha value is -1.43. The Kier molecular flexibility index (Phi) is 2.99. The average molecular weight is 125 g/mol. The highest BCUT2D eigenvalue weighted by Crippen LogP contribution is 1.79. The maximum atomic E-state index is 9.94. The summed E-state index contributed by atoms with van der Waals surface area (Å²) in [5.74, 6) is 3.75. The molecule has 0 radical (unpaired) electrons. The fourth-order valence-corrected chi connectivity index (χ4v) is 0.212. The molecule has 0 aliphatic rings. The molecule has 3 N–H and O–H groups in total. The first-order valence-electron chi connectivity index (χ1n) is 2.29. The van der Waals surface area contributed by atoms with E-state index in [9.17, 15) is 4.79 Å². The molecule has 9 heavy (non-hydrogen) atoms. The highest BCUT2D eigenvalue weighted by atomic mass is 16.4. The monoisotopic (exact) mass is 125 g/mol. The minimum absolute atomic E-state index is 0.232. The van der Waals surface area contributed by atoms with Crippen LogP contribution >= 0.6 is 0 Å². The number of hydrogen-bond acceptors (Lipinski definition) is 2. The number of nitrogens with two attached hydrogens (primary N) is 1. The number of allylic oxidation sites excluding steroid dienone is 1. The standard InChI is InChI=1S/C6H7NO2/c1-2-3-4-5(7)6(8)9/h4H,7H2,1H3,(H,8,9)/b5-4-. The van der Waals surface area contributed by atoms with Crippen LogP contribution < -0.4 is 5.73 Å². The second-order valence-corrected chi connectivity index (χ2v) is 1.30. The van der Waals surface area contributed by atoms with Crippen molar-refractivity contribution in [2.45, 2.75) is 6.92 Å². The SMILES string of the molecule is CC#C/C=C(\N)C(=O)O. The molecular formula is C6H7NO2. The lowest BCUT2D eigenvalue weighted by Gasteiger charge is -1.84. The van der Waals surface area contributed by atoms with Gasteiger partial charge in [0.25, 0.3) is 0 Å². The van der Waals surface area contributed by atoms with Crippen LogP contribution in [0, 0.1) is 11.8 Å². The van der Waals surface area contributed by atoms with Gasteiger partial charge in [0.15, 0.2) is 0 Å². The van der Waals surface area contributed by atoms with Gasteiger partial charge in [-0.1, -0.05) is 5.92 Å². The molecule has 48 valence electrons. The zero-order chi connectivity index (χ0) is 7.28. The van der Waals surface area contributed by atoms with Crippen molar-refractivity contribution in [2.75, 3.05) is 0 Å². The molecule has 0 atom stereocenters. The third kappa shape index (κ3) is 3.18. The molecule has 0 aliphatic heterocycles. The summed E-state index contributed by atoms with van der Waals surface area (Å²) in [6.45, 7) is 1.60. The first kappa shape index (κ1) is 7.57. The van der Waals surface area contributed by atoms with Crippen LogP contribution in [0.1, 0.15) is 6.92 Å². The van der Waals surface area contributed by atoms with Crippen LogP contribution in [0.4, 0.5) is 0 Å². The number of carboxylic acids is 1. The van der Waals surface area contributed by atoms with E-state index in [1.807, 2.05) is 0 Å². The van der Waals surface area contributed by atoms with Gasteiger partial charge in [-0.3, -0.25) is 0 Å². The third-order valence-corrected chi connectivity index (χ3v) is 0.619. The summed E-state index contributed by atoms with van der Waals surface area (Å²) in [6.07, 6.45) is 1.16. The van der Waals surface area contributed by atoms with E-state index in [4.69, 9.17) is 10.8 Å². The lowest BCUT2D eigenvalue weighted by molar-refractivity contribution is -0.132. The Morgan fingerprint density at radius 3 is 2.67 bits per heavy atom. The summed E-state index contributed by atoms with van der Waals surface area (Å²) in [6, 6.07) is 0. The zero-order valence-electron chi connectivity index (χ0n) is 5.01. The van der Waals surface area contributed by atoms with E-state index in [0.717, 1.165) is 6.08 Å². The summed E-state index contributed by atoms with van der Waals surface area (Å²) < 4.78 is 0. The van der Waals surface area contributed by atoms with Gasteiger partial charge in [0.05, 0.1) is 0 Å². The molecule has 0 aromatic heterocycles. The van der Waals surface area contributed by atoms with Gasteiger partial charge in [0.1, 0.15) is 5.70 Å².